The molecule has 0 saturated heterocycles. The van der Waals surface area contributed by atoms with Crippen molar-refractivity contribution in [1.29, 1.82) is 0 Å². The summed E-state index contributed by atoms with van der Waals surface area (Å²) in [7, 11) is 0. The zero-order chi connectivity index (χ0) is 23.7. The molecule has 0 unspecified atom stereocenters. The Hall–Kier alpha value is -2.79. The Morgan fingerprint density at radius 2 is 1.71 bits per heavy atom. The van der Waals surface area contributed by atoms with E-state index >= 15 is 0 Å². The third kappa shape index (κ3) is 4.34. The minimum absolute atomic E-state index is 0.0659. The van der Waals surface area contributed by atoms with Crippen LogP contribution in [0.2, 0.25) is 5.02 Å². The molecule has 2 heterocycles. The Labute approximate surface area is 206 Å². The van der Waals surface area contributed by atoms with E-state index in [-0.39, 0.29) is 17.9 Å². The minimum atomic E-state index is -1.01. The molecule has 5 rings (SSSR count). The molecule has 34 heavy (non-hydrogen) atoms. The lowest BCUT2D eigenvalue weighted by molar-refractivity contribution is -0.134. The molecule has 0 spiro atoms. The van der Waals surface area contributed by atoms with Gasteiger partial charge in [0.2, 0.25) is 5.91 Å². The lowest BCUT2D eigenvalue weighted by Gasteiger charge is -2.44. The summed E-state index contributed by atoms with van der Waals surface area (Å²) >= 11 is 6.09. The van der Waals surface area contributed by atoms with Crippen molar-refractivity contribution in [1.82, 2.24) is 14.8 Å². The number of carbonyl (C=O) groups excluding carboxylic acids is 2. The lowest BCUT2D eigenvalue weighted by atomic mass is 9.91. The van der Waals surface area contributed by atoms with Crippen LogP contribution in [0.25, 0.3) is 10.9 Å². The fourth-order valence-electron chi connectivity index (χ4n) is 5.47. The molecule has 1 saturated carbocycles. The van der Waals surface area contributed by atoms with Crippen molar-refractivity contribution < 1.29 is 9.59 Å². The van der Waals surface area contributed by atoms with Gasteiger partial charge in [0, 0.05) is 28.5 Å². The second-order valence-corrected chi connectivity index (χ2v) is 10.4. The second-order valence-electron chi connectivity index (χ2n) is 9.98. The van der Waals surface area contributed by atoms with Gasteiger partial charge >= 0.3 is 0 Å². The molecule has 1 aliphatic carbocycles. The molecule has 1 atom stereocenters. The minimum Gasteiger partial charge on any atom is -0.351 e. The van der Waals surface area contributed by atoms with Crippen LogP contribution < -0.4 is 5.32 Å². The van der Waals surface area contributed by atoms with E-state index in [1.54, 1.807) is 4.90 Å². The van der Waals surface area contributed by atoms with Crippen LogP contribution in [0, 0.1) is 0 Å². The highest BCUT2D eigenvalue weighted by atomic mass is 35.5. The van der Waals surface area contributed by atoms with Gasteiger partial charge in [-0.1, -0.05) is 74.0 Å². The van der Waals surface area contributed by atoms with Crippen molar-refractivity contribution >= 4 is 34.3 Å². The molecular formula is C28H32ClN3O2. The highest BCUT2D eigenvalue weighted by Crippen LogP contribution is 2.34. The zero-order valence-corrected chi connectivity index (χ0v) is 20.5. The first-order chi connectivity index (χ1) is 16.5. The van der Waals surface area contributed by atoms with Crippen molar-refractivity contribution in [3.63, 3.8) is 0 Å². The van der Waals surface area contributed by atoms with E-state index in [4.69, 9.17) is 11.6 Å². The van der Waals surface area contributed by atoms with Gasteiger partial charge in [-0.15, -0.1) is 0 Å². The fourth-order valence-corrected chi connectivity index (χ4v) is 5.59. The molecule has 0 radical (unpaired) electrons. The van der Waals surface area contributed by atoms with Gasteiger partial charge in [0.1, 0.15) is 11.2 Å². The highest BCUT2D eigenvalue weighted by molar-refractivity contribution is 6.30. The first-order valence-electron chi connectivity index (χ1n) is 12.4. The molecule has 2 aromatic carbocycles. The van der Waals surface area contributed by atoms with Crippen LogP contribution in [-0.2, 0) is 17.9 Å². The smallest absolute Gasteiger partial charge is 0.271 e. The SMILES string of the molecule is C[C@]1(C(=O)NC2CCCCCCC2)Cn2c(cc3ccccc32)C(=O)N1Cc1ccc(Cl)cc1. The maximum Gasteiger partial charge on any atom is 0.271 e. The Morgan fingerprint density at radius 3 is 2.44 bits per heavy atom. The Kier molecular flexibility index (Phi) is 6.39. The van der Waals surface area contributed by atoms with Crippen LogP contribution >= 0.6 is 11.6 Å². The van der Waals surface area contributed by atoms with Crippen molar-refractivity contribution in [3.8, 4) is 0 Å². The number of nitrogens with zero attached hydrogens (tertiary/aromatic N) is 2. The van der Waals surface area contributed by atoms with E-state index in [9.17, 15) is 9.59 Å². The summed E-state index contributed by atoms with van der Waals surface area (Å²) in [6.07, 6.45) is 8.02. The third-order valence-corrected chi connectivity index (χ3v) is 7.77. The van der Waals surface area contributed by atoms with Crippen LogP contribution in [0.1, 0.15) is 67.9 Å². The van der Waals surface area contributed by atoms with E-state index in [1.807, 2.05) is 66.1 Å². The molecule has 0 bridgehead atoms. The number of benzene rings is 2. The molecule has 178 valence electrons. The number of para-hydroxylation sites is 1. The van der Waals surface area contributed by atoms with Crippen LogP contribution in [0.4, 0.5) is 0 Å². The number of hydrogen-bond acceptors (Lipinski definition) is 2. The van der Waals surface area contributed by atoms with Crippen molar-refractivity contribution in [3.05, 3.63) is 70.9 Å². The van der Waals surface area contributed by atoms with Crippen LogP contribution in [0.5, 0.6) is 0 Å². The fraction of sp³-hybridized carbons (Fsp3) is 0.429. The van der Waals surface area contributed by atoms with E-state index in [1.165, 1.54) is 19.3 Å². The molecule has 3 aromatic rings. The lowest BCUT2D eigenvalue weighted by Crippen LogP contribution is -2.64. The number of hydrogen-bond donors (Lipinski definition) is 1. The predicted octanol–water partition coefficient (Wildman–Crippen LogP) is 5.94. The van der Waals surface area contributed by atoms with Gasteiger partial charge in [0.25, 0.3) is 5.91 Å². The third-order valence-electron chi connectivity index (χ3n) is 7.52. The largest absolute Gasteiger partial charge is 0.351 e. The normalized spacial score (nSPS) is 21.7. The van der Waals surface area contributed by atoms with Gasteiger partial charge in [-0.2, -0.15) is 0 Å². The summed E-state index contributed by atoms with van der Waals surface area (Å²) in [5.74, 6) is -0.184. The summed E-state index contributed by atoms with van der Waals surface area (Å²) in [6.45, 7) is 2.69. The number of fused-ring (bicyclic) bond motifs is 3. The van der Waals surface area contributed by atoms with Gasteiger partial charge in [-0.25, -0.2) is 0 Å². The first-order valence-corrected chi connectivity index (χ1v) is 12.8. The van der Waals surface area contributed by atoms with E-state index in [0.29, 0.717) is 23.8 Å². The number of nitrogens with one attached hydrogen (secondary N) is 1. The number of aromatic nitrogens is 1. The van der Waals surface area contributed by atoms with Crippen molar-refractivity contribution in [2.24, 2.45) is 0 Å². The van der Waals surface area contributed by atoms with Crippen LogP contribution in [-0.4, -0.2) is 32.9 Å². The second kappa shape index (κ2) is 9.46. The summed E-state index contributed by atoms with van der Waals surface area (Å²) < 4.78 is 2.02. The molecule has 5 nitrogen and oxygen atoms in total. The first kappa shape index (κ1) is 23.0. The summed E-state index contributed by atoms with van der Waals surface area (Å²) in [4.78, 5) is 29.5. The average Bonchev–Trinajstić information content (AvgIpc) is 3.18. The predicted molar refractivity (Wildman–Crippen MR) is 136 cm³/mol. The quantitative estimate of drug-likeness (QED) is 0.505. The maximum atomic E-state index is 13.9. The van der Waals surface area contributed by atoms with E-state index in [2.05, 4.69) is 5.32 Å². The van der Waals surface area contributed by atoms with E-state index in [0.717, 1.165) is 42.1 Å². The Morgan fingerprint density at radius 1 is 1.03 bits per heavy atom. The van der Waals surface area contributed by atoms with Gasteiger partial charge in [0.15, 0.2) is 0 Å². The van der Waals surface area contributed by atoms with Gasteiger partial charge in [0.05, 0.1) is 6.54 Å². The number of amides is 2. The standard InChI is InChI=1S/C28H32ClN3O2/c1-28(27(34)30-23-10-5-3-2-4-6-11-23)19-31-24-12-8-7-9-21(24)17-25(31)26(33)32(28)18-20-13-15-22(29)16-14-20/h7-9,12-17,23H,2-6,10-11,18-19H2,1H3,(H,30,34)/t28-/m1/s1. The topological polar surface area (TPSA) is 54.3 Å². The molecule has 2 aliphatic rings. The molecule has 2 amide bonds. The Balaban J connectivity index is 1.51. The summed E-state index contributed by atoms with van der Waals surface area (Å²) in [6, 6.07) is 17.6. The van der Waals surface area contributed by atoms with Crippen LogP contribution in [0.15, 0.2) is 54.6 Å². The summed E-state index contributed by atoms with van der Waals surface area (Å²) in [5.41, 5.74) is 1.56. The molecule has 1 fully saturated rings. The van der Waals surface area contributed by atoms with E-state index < -0.39 is 5.54 Å². The van der Waals surface area contributed by atoms with Gasteiger partial charge in [-0.05, 0) is 49.6 Å². The Bertz CT molecular complexity index is 1190. The summed E-state index contributed by atoms with van der Waals surface area (Å²) in [5, 5.41) is 5.01. The van der Waals surface area contributed by atoms with Crippen molar-refractivity contribution in [2.75, 3.05) is 0 Å². The maximum absolute atomic E-state index is 13.9. The molecule has 1 aromatic heterocycles. The molecular weight excluding hydrogens is 446 g/mol. The number of rotatable bonds is 4. The molecule has 1 aliphatic heterocycles. The van der Waals surface area contributed by atoms with Crippen LogP contribution in [0.3, 0.4) is 0 Å². The number of halogens is 1. The monoisotopic (exact) mass is 477 g/mol. The van der Waals surface area contributed by atoms with Gasteiger partial charge in [-0.3, -0.25) is 9.59 Å². The molecule has 1 N–H and O–H groups in total. The highest BCUT2D eigenvalue weighted by Gasteiger charge is 2.48. The average molecular weight is 478 g/mol. The van der Waals surface area contributed by atoms with Crippen molar-refractivity contribution in [2.45, 2.75) is 76.5 Å². The zero-order valence-electron chi connectivity index (χ0n) is 19.7. The molecule has 6 heteroatoms. The van der Waals surface area contributed by atoms with Gasteiger partial charge < -0.3 is 14.8 Å². The number of carbonyl (C=O) groups is 2.